The van der Waals surface area contributed by atoms with Crippen molar-refractivity contribution in [2.45, 2.75) is 58.8 Å². The highest BCUT2D eigenvalue weighted by atomic mass is 16.2. The van der Waals surface area contributed by atoms with Crippen LogP contribution in [0.15, 0.2) is 0 Å². The SMILES string of the molecule is CC(C)NC(=O)C(C)N1CC(C)NC(C)C1. The van der Waals surface area contributed by atoms with Crippen molar-refractivity contribution in [2.24, 2.45) is 0 Å². The number of rotatable bonds is 3. The molecule has 1 saturated heterocycles. The molecule has 0 aromatic rings. The van der Waals surface area contributed by atoms with Crippen molar-refractivity contribution in [3.05, 3.63) is 0 Å². The van der Waals surface area contributed by atoms with E-state index in [-0.39, 0.29) is 18.0 Å². The van der Waals surface area contributed by atoms with Crippen molar-refractivity contribution >= 4 is 5.91 Å². The van der Waals surface area contributed by atoms with E-state index in [1.54, 1.807) is 0 Å². The minimum atomic E-state index is -0.0330. The van der Waals surface area contributed by atoms with E-state index in [4.69, 9.17) is 0 Å². The molecule has 1 amide bonds. The van der Waals surface area contributed by atoms with Crippen LogP contribution in [0.5, 0.6) is 0 Å². The van der Waals surface area contributed by atoms with E-state index >= 15 is 0 Å². The fraction of sp³-hybridized carbons (Fsp3) is 0.917. The van der Waals surface area contributed by atoms with Crippen LogP contribution in [0.4, 0.5) is 0 Å². The van der Waals surface area contributed by atoms with E-state index in [1.807, 2.05) is 20.8 Å². The zero-order valence-electron chi connectivity index (χ0n) is 11.1. The highest BCUT2D eigenvalue weighted by Crippen LogP contribution is 2.08. The van der Waals surface area contributed by atoms with Crippen LogP contribution >= 0.6 is 0 Å². The van der Waals surface area contributed by atoms with Gasteiger partial charge in [-0.15, -0.1) is 0 Å². The van der Waals surface area contributed by atoms with Crippen LogP contribution in [-0.2, 0) is 4.79 Å². The molecule has 0 aromatic carbocycles. The molecule has 16 heavy (non-hydrogen) atoms. The van der Waals surface area contributed by atoms with Gasteiger partial charge in [0.05, 0.1) is 6.04 Å². The van der Waals surface area contributed by atoms with Gasteiger partial charge in [-0.3, -0.25) is 9.69 Å². The summed E-state index contributed by atoms with van der Waals surface area (Å²) in [6.07, 6.45) is 0. The molecule has 4 heteroatoms. The first-order valence-corrected chi connectivity index (χ1v) is 6.20. The lowest BCUT2D eigenvalue weighted by Gasteiger charge is -2.39. The monoisotopic (exact) mass is 227 g/mol. The third kappa shape index (κ3) is 3.76. The molecule has 0 aromatic heterocycles. The number of carbonyl (C=O) groups is 1. The van der Waals surface area contributed by atoms with Crippen molar-refractivity contribution in [1.29, 1.82) is 0 Å². The Labute approximate surface area is 98.8 Å². The fourth-order valence-electron chi connectivity index (χ4n) is 2.26. The molecule has 4 nitrogen and oxygen atoms in total. The molecule has 0 radical (unpaired) electrons. The third-order valence-corrected chi connectivity index (χ3v) is 2.94. The zero-order valence-corrected chi connectivity index (χ0v) is 11.1. The van der Waals surface area contributed by atoms with Crippen molar-refractivity contribution in [1.82, 2.24) is 15.5 Å². The molecule has 0 bridgehead atoms. The van der Waals surface area contributed by atoms with Gasteiger partial charge in [-0.1, -0.05) is 0 Å². The standard InChI is InChI=1S/C12H25N3O/c1-8(2)13-12(16)11(5)15-6-9(3)14-10(4)7-15/h8-11,14H,6-7H2,1-5H3,(H,13,16). The van der Waals surface area contributed by atoms with Crippen LogP contribution in [0.1, 0.15) is 34.6 Å². The number of carbonyl (C=O) groups excluding carboxylic acids is 1. The number of amides is 1. The van der Waals surface area contributed by atoms with Gasteiger partial charge in [0.15, 0.2) is 0 Å². The van der Waals surface area contributed by atoms with Crippen LogP contribution in [0.3, 0.4) is 0 Å². The lowest BCUT2D eigenvalue weighted by molar-refractivity contribution is -0.127. The average molecular weight is 227 g/mol. The molecule has 94 valence electrons. The Morgan fingerprint density at radius 2 is 1.75 bits per heavy atom. The Morgan fingerprint density at radius 3 is 2.19 bits per heavy atom. The molecule has 3 atom stereocenters. The molecule has 0 spiro atoms. The topological polar surface area (TPSA) is 44.4 Å². The zero-order chi connectivity index (χ0) is 12.3. The minimum Gasteiger partial charge on any atom is -0.353 e. The quantitative estimate of drug-likeness (QED) is 0.741. The highest BCUT2D eigenvalue weighted by Gasteiger charge is 2.28. The summed E-state index contributed by atoms with van der Waals surface area (Å²) < 4.78 is 0. The van der Waals surface area contributed by atoms with Crippen LogP contribution in [-0.4, -0.2) is 48.1 Å². The van der Waals surface area contributed by atoms with E-state index in [1.165, 1.54) is 0 Å². The van der Waals surface area contributed by atoms with Gasteiger partial charge in [0.2, 0.25) is 5.91 Å². The first-order valence-electron chi connectivity index (χ1n) is 6.20. The van der Waals surface area contributed by atoms with E-state index in [9.17, 15) is 4.79 Å². The van der Waals surface area contributed by atoms with Gasteiger partial charge in [-0.25, -0.2) is 0 Å². The normalized spacial score (nSPS) is 29.1. The van der Waals surface area contributed by atoms with Gasteiger partial charge in [-0.05, 0) is 34.6 Å². The summed E-state index contributed by atoms with van der Waals surface area (Å²) in [7, 11) is 0. The van der Waals surface area contributed by atoms with E-state index in [0.717, 1.165) is 13.1 Å². The maximum absolute atomic E-state index is 11.9. The second-order valence-corrected chi connectivity index (χ2v) is 5.26. The smallest absolute Gasteiger partial charge is 0.237 e. The summed E-state index contributed by atoms with van der Waals surface area (Å²) in [5, 5.41) is 6.44. The third-order valence-electron chi connectivity index (χ3n) is 2.94. The van der Waals surface area contributed by atoms with Crippen LogP contribution < -0.4 is 10.6 Å². The summed E-state index contributed by atoms with van der Waals surface area (Å²) in [5.41, 5.74) is 0. The van der Waals surface area contributed by atoms with Crippen molar-refractivity contribution < 1.29 is 4.79 Å². The molecule has 1 aliphatic rings. The van der Waals surface area contributed by atoms with E-state index < -0.39 is 0 Å². The number of nitrogens with zero attached hydrogens (tertiary/aromatic N) is 1. The van der Waals surface area contributed by atoms with Gasteiger partial charge >= 0.3 is 0 Å². The molecule has 0 saturated carbocycles. The molecule has 0 aliphatic carbocycles. The molecular formula is C12H25N3O. The Balaban J connectivity index is 2.52. The second kappa shape index (κ2) is 5.64. The first-order chi connectivity index (χ1) is 7.40. The van der Waals surface area contributed by atoms with E-state index in [0.29, 0.717) is 12.1 Å². The number of hydrogen-bond acceptors (Lipinski definition) is 3. The van der Waals surface area contributed by atoms with Gasteiger partial charge in [0.1, 0.15) is 0 Å². The summed E-state index contributed by atoms with van der Waals surface area (Å²) >= 11 is 0. The molecule has 1 fully saturated rings. The predicted molar refractivity (Wildman–Crippen MR) is 66.4 cm³/mol. The highest BCUT2D eigenvalue weighted by molar-refractivity contribution is 5.81. The van der Waals surface area contributed by atoms with Crippen molar-refractivity contribution in [2.75, 3.05) is 13.1 Å². The molecule has 1 aliphatic heterocycles. The molecule has 1 heterocycles. The van der Waals surface area contributed by atoms with E-state index in [2.05, 4.69) is 29.4 Å². The van der Waals surface area contributed by atoms with Crippen molar-refractivity contribution in [3.63, 3.8) is 0 Å². The average Bonchev–Trinajstić information content (AvgIpc) is 2.13. The summed E-state index contributed by atoms with van der Waals surface area (Å²) in [4.78, 5) is 14.1. The fourth-order valence-corrected chi connectivity index (χ4v) is 2.26. The minimum absolute atomic E-state index is 0.0330. The van der Waals surface area contributed by atoms with Gasteiger partial charge in [-0.2, -0.15) is 0 Å². The van der Waals surface area contributed by atoms with Crippen LogP contribution in [0.25, 0.3) is 0 Å². The Morgan fingerprint density at radius 1 is 1.25 bits per heavy atom. The van der Waals surface area contributed by atoms with Crippen molar-refractivity contribution in [3.8, 4) is 0 Å². The Hall–Kier alpha value is -0.610. The maximum atomic E-state index is 11.9. The molecule has 3 unspecified atom stereocenters. The number of nitrogens with one attached hydrogen (secondary N) is 2. The van der Waals surface area contributed by atoms with Gasteiger partial charge < -0.3 is 10.6 Å². The largest absolute Gasteiger partial charge is 0.353 e. The maximum Gasteiger partial charge on any atom is 0.237 e. The summed E-state index contributed by atoms with van der Waals surface area (Å²) in [5.74, 6) is 0.135. The second-order valence-electron chi connectivity index (χ2n) is 5.26. The summed E-state index contributed by atoms with van der Waals surface area (Å²) in [6, 6.07) is 1.10. The Kier molecular flexibility index (Phi) is 4.74. The van der Waals surface area contributed by atoms with Gasteiger partial charge in [0, 0.05) is 31.2 Å². The summed E-state index contributed by atoms with van der Waals surface area (Å²) in [6.45, 7) is 12.2. The molecule has 1 rings (SSSR count). The lowest BCUT2D eigenvalue weighted by Crippen LogP contribution is -2.59. The number of piperazine rings is 1. The molecular weight excluding hydrogens is 202 g/mol. The van der Waals surface area contributed by atoms with Gasteiger partial charge in [0.25, 0.3) is 0 Å². The Bertz CT molecular complexity index is 232. The lowest BCUT2D eigenvalue weighted by atomic mass is 10.1. The first kappa shape index (κ1) is 13.5. The van der Waals surface area contributed by atoms with Crippen LogP contribution in [0, 0.1) is 0 Å². The van der Waals surface area contributed by atoms with Crippen LogP contribution in [0.2, 0.25) is 0 Å². The number of hydrogen-bond donors (Lipinski definition) is 2. The molecule has 2 N–H and O–H groups in total. The predicted octanol–water partition coefficient (Wildman–Crippen LogP) is 0.582.